The van der Waals surface area contributed by atoms with Crippen LogP contribution in [0.1, 0.15) is 24.1 Å². The van der Waals surface area contributed by atoms with Crippen molar-refractivity contribution in [3.63, 3.8) is 0 Å². The van der Waals surface area contributed by atoms with Gasteiger partial charge in [-0.25, -0.2) is 4.98 Å². The lowest BCUT2D eigenvalue weighted by Crippen LogP contribution is -2.15. The third kappa shape index (κ3) is 2.91. The molecule has 17 heavy (non-hydrogen) atoms. The van der Waals surface area contributed by atoms with Gasteiger partial charge in [-0.1, -0.05) is 6.07 Å². The summed E-state index contributed by atoms with van der Waals surface area (Å²) in [5.41, 5.74) is 2.31. The molecular formula is C13H16N4. The fourth-order valence-electron chi connectivity index (χ4n) is 1.82. The third-order valence-corrected chi connectivity index (χ3v) is 2.92. The number of hydrogen-bond donors (Lipinski definition) is 1. The highest BCUT2D eigenvalue weighted by Crippen LogP contribution is 2.19. The summed E-state index contributed by atoms with van der Waals surface area (Å²) in [6.07, 6.45) is 10.3. The van der Waals surface area contributed by atoms with Gasteiger partial charge in [0, 0.05) is 31.2 Å². The maximum atomic E-state index is 4.39. The molecule has 0 aliphatic heterocycles. The smallest absolute Gasteiger partial charge is 0.0953 e. The maximum absolute atomic E-state index is 4.39. The topological polar surface area (TPSA) is 42.7 Å². The molecule has 0 atom stereocenters. The molecule has 2 aromatic rings. The fraction of sp³-hybridized carbons (Fsp3) is 0.385. The van der Waals surface area contributed by atoms with Crippen molar-refractivity contribution in [2.45, 2.75) is 32.0 Å². The quantitative estimate of drug-likeness (QED) is 0.845. The van der Waals surface area contributed by atoms with E-state index in [4.69, 9.17) is 0 Å². The molecule has 0 amide bonds. The van der Waals surface area contributed by atoms with Gasteiger partial charge in [-0.15, -0.1) is 0 Å². The van der Waals surface area contributed by atoms with Crippen molar-refractivity contribution < 1.29 is 0 Å². The molecule has 0 aromatic carbocycles. The number of nitrogens with zero attached hydrogens (tertiary/aromatic N) is 3. The van der Waals surface area contributed by atoms with Crippen LogP contribution in [0.15, 0.2) is 37.1 Å². The minimum Gasteiger partial charge on any atom is -0.333 e. The summed E-state index contributed by atoms with van der Waals surface area (Å²) in [6, 6.07) is 4.77. The molecule has 4 nitrogen and oxygen atoms in total. The largest absolute Gasteiger partial charge is 0.333 e. The second-order valence-electron chi connectivity index (χ2n) is 4.55. The second-order valence-corrected chi connectivity index (χ2v) is 4.55. The predicted molar refractivity (Wildman–Crippen MR) is 65.4 cm³/mol. The lowest BCUT2D eigenvalue weighted by Gasteiger charge is -2.01. The highest BCUT2D eigenvalue weighted by molar-refractivity contribution is 5.10. The maximum Gasteiger partial charge on any atom is 0.0953 e. The van der Waals surface area contributed by atoms with E-state index < -0.39 is 0 Å². The Labute approximate surface area is 101 Å². The zero-order valence-electron chi connectivity index (χ0n) is 9.71. The average molecular weight is 228 g/mol. The summed E-state index contributed by atoms with van der Waals surface area (Å²) in [7, 11) is 0. The number of hydrogen-bond acceptors (Lipinski definition) is 3. The van der Waals surface area contributed by atoms with Crippen LogP contribution in [0, 0.1) is 0 Å². The van der Waals surface area contributed by atoms with Gasteiger partial charge < -0.3 is 9.88 Å². The highest BCUT2D eigenvalue weighted by Gasteiger charge is 2.20. The van der Waals surface area contributed by atoms with Gasteiger partial charge in [0.15, 0.2) is 0 Å². The van der Waals surface area contributed by atoms with E-state index in [0.717, 1.165) is 24.8 Å². The molecule has 2 aromatic heterocycles. The number of aromatic nitrogens is 3. The zero-order chi connectivity index (χ0) is 11.5. The van der Waals surface area contributed by atoms with Gasteiger partial charge in [0.25, 0.3) is 0 Å². The SMILES string of the molecule is c1cncc(Cn2cnc(CNC3CC3)c2)c1. The van der Waals surface area contributed by atoms with E-state index in [0.29, 0.717) is 0 Å². The minimum atomic E-state index is 0.735. The molecule has 1 fully saturated rings. The Balaban J connectivity index is 1.59. The molecule has 3 rings (SSSR count). The lowest BCUT2D eigenvalue weighted by atomic mass is 10.3. The van der Waals surface area contributed by atoms with Gasteiger partial charge in [0.1, 0.15) is 0 Å². The number of nitrogens with one attached hydrogen (secondary N) is 1. The fourth-order valence-corrected chi connectivity index (χ4v) is 1.82. The van der Waals surface area contributed by atoms with Crippen molar-refractivity contribution >= 4 is 0 Å². The standard InChI is InChI=1S/C13H16N4/c1-2-11(6-14-5-1)8-17-9-13(16-10-17)7-15-12-3-4-12/h1-2,5-6,9-10,12,15H,3-4,7-8H2. The Morgan fingerprint density at radius 2 is 2.35 bits per heavy atom. The van der Waals surface area contributed by atoms with E-state index in [1.807, 2.05) is 18.6 Å². The summed E-state index contributed by atoms with van der Waals surface area (Å²) < 4.78 is 2.10. The number of rotatable bonds is 5. The van der Waals surface area contributed by atoms with Crippen molar-refractivity contribution in [2.24, 2.45) is 0 Å². The van der Waals surface area contributed by atoms with Crippen molar-refractivity contribution in [3.05, 3.63) is 48.3 Å². The van der Waals surface area contributed by atoms with Crippen LogP contribution in [0.2, 0.25) is 0 Å². The average Bonchev–Trinajstić information content (AvgIpc) is 3.09. The van der Waals surface area contributed by atoms with Crippen molar-refractivity contribution in [2.75, 3.05) is 0 Å². The van der Waals surface area contributed by atoms with E-state index in [1.54, 1.807) is 6.20 Å². The number of pyridine rings is 1. The first-order valence-corrected chi connectivity index (χ1v) is 6.03. The van der Waals surface area contributed by atoms with Gasteiger partial charge in [-0.2, -0.15) is 0 Å². The summed E-state index contributed by atoms with van der Waals surface area (Å²) >= 11 is 0. The third-order valence-electron chi connectivity index (χ3n) is 2.92. The van der Waals surface area contributed by atoms with Gasteiger partial charge >= 0.3 is 0 Å². The summed E-state index contributed by atoms with van der Waals surface area (Å²) in [6.45, 7) is 1.72. The second kappa shape index (κ2) is 4.67. The summed E-state index contributed by atoms with van der Waals surface area (Å²) in [5, 5.41) is 3.46. The molecule has 2 heterocycles. The monoisotopic (exact) mass is 228 g/mol. The molecule has 1 aliphatic rings. The molecule has 4 heteroatoms. The molecule has 88 valence electrons. The van der Waals surface area contributed by atoms with E-state index in [1.165, 1.54) is 18.4 Å². The molecule has 0 unspecified atom stereocenters. The number of imidazole rings is 1. The van der Waals surface area contributed by atoms with Crippen LogP contribution in [0.5, 0.6) is 0 Å². The first kappa shape index (κ1) is 10.5. The molecule has 1 N–H and O–H groups in total. The van der Waals surface area contributed by atoms with E-state index in [-0.39, 0.29) is 0 Å². The van der Waals surface area contributed by atoms with E-state index in [2.05, 4.69) is 32.1 Å². The van der Waals surface area contributed by atoms with Gasteiger partial charge in [0.2, 0.25) is 0 Å². The normalized spacial score (nSPS) is 15.1. The lowest BCUT2D eigenvalue weighted by molar-refractivity contribution is 0.676. The van der Waals surface area contributed by atoms with Gasteiger partial charge in [0.05, 0.1) is 18.6 Å². The first-order valence-electron chi connectivity index (χ1n) is 6.03. The summed E-state index contributed by atoms with van der Waals surface area (Å²) in [4.78, 5) is 8.50. The molecular weight excluding hydrogens is 212 g/mol. The molecule has 0 radical (unpaired) electrons. The Bertz CT molecular complexity index is 473. The van der Waals surface area contributed by atoms with Crippen LogP contribution in [-0.4, -0.2) is 20.6 Å². The van der Waals surface area contributed by atoms with E-state index in [9.17, 15) is 0 Å². The molecule has 0 spiro atoms. The van der Waals surface area contributed by atoms with Gasteiger partial charge in [-0.05, 0) is 24.5 Å². The molecule has 0 bridgehead atoms. The molecule has 1 saturated carbocycles. The van der Waals surface area contributed by atoms with Crippen LogP contribution >= 0.6 is 0 Å². The highest BCUT2D eigenvalue weighted by atomic mass is 15.1. The van der Waals surface area contributed by atoms with Crippen LogP contribution in [-0.2, 0) is 13.1 Å². The predicted octanol–water partition coefficient (Wildman–Crippen LogP) is 1.58. The summed E-state index contributed by atoms with van der Waals surface area (Å²) in [5.74, 6) is 0. The Kier molecular flexibility index (Phi) is 2.88. The van der Waals surface area contributed by atoms with Crippen LogP contribution in [0.25, 0.3) is 0 Å². The Morgan fingerprint density at radius 3 is 3.12 bits per heavy atom. The Hall–Kier alpha value is -1.68. The van der Waals surface area contributed by atoms with Crippen molar-refractivity contribution in [1.29, 1.82) is 0 Å². The van der Waals surface area contributed by atoms with Crippen molar-refractivity contribution in [3.8, 4) is 0 Å². The van der Waals surface area contributed by atoms with Gasteiger partial charge in [-0.3, -0.25) is 4.98 Å². The Morgan fingerprint density at radius 1 is 1.41 bits per heavy atom. The van der Waals surface area contributed by atoms with Crippen LogP contribution in [0.3, 0.4) is 0 Å². The zero-order valence-corrected chi connectivity index (χ0v) is 9.71. The molecule has 0 saturated heterocycles. The van der Waals surface area contributed by atoms with Crippen LogP contribution < -0.4 is 5.32 Å². The van der Waals surface area contributed by atoms with E-state index >= 15 is 0 Å². The van der Waals surface area contributed by atoms with Crippen LogP contribution in [0.4, 0.5) is 0 Å². The molecule has 1 aliphatic carbocycles. The van der Waals surface area contributed by atoms with Crippen molar-refractivity contribution in [1.82, 2.24) is 19.9 Å². The minimum absolute atomic E-state index is 0.735. The first-order chi connectivity index (χ1) is 8.40.